The molecule has 0 radical (unpaired) electrons. The van der Waals surface area contributed by atoms with Crippen LogP contribution in [0.5, 0.6) is 0 Å². The first-order valence-corrected chi connectivity index (χ1v) is 16.4. The van der Waals surface area contributed by atoms with Crippen molar-refractivity contribution in [3.8, 4) is 44.5 Å². The van der Waals surface area contributed by atoms with Gasteiger partial charge in [0.15, 0.2) is 0 Å². The normalized spacial score (nSPS) is 11.3. The topological polar surface area (TPSA) is 3.24 Å². The summed E-state index contributed by atoms with van der Waals surface area (Å²) in [6.07, 6.45) is 0. The number of nitrogens with zero attached hydrogens (tertiary/aromatic N) is 1. The third-order valence-corrected chi connectivity index (χ3v) is 8.87. The van der Waals surface area contributed by atoms with Crippen LogP contribution in [0.15, 0.2) is 182 Å². The standard InChI is InChI=1S/C46H39N/c1-46(2,3)40-25-32-44(45(33-40)38-17-11-6-12-18-38)39-23-30-43(31-24-39)47(41-26-19-36(20-27-41)34-13-7-4-8-14-34)42-28-21-37(22-29-42)35-15-9-5-10-16-35/h4-33H,1-3H3. The highest BCUT2D eigenvalue weighted by Gasteiger charge is 2.18. The summed E-state index contributed by atoms with van der Waals surface area (Å²) in [4.78, 5) is 2.34. The third-order valence-electron chi connectivity index (χ3n) is 8.87. The van der Waals surface area contributed by atoms with Gasteiger partial charge in [-0.05, 0) is 91.9 Å². The van der Waals surface area contributed by atoms with E-state index in [-0.39, 0.29) is 5.41 Å². The lowest BCUT2D eigenvalue weighted by atomic mass is 9.83. The largest absolute Gasteiger partial charge is 0.311 e. The summed E-state index contributed by atoms with van der Waals surface area (Å²) in [7, 11) is 0. The van der Waals surface area contributed by atoms with Crippen molar-refractivity contribution in [1.29, 1.82) is 0 Å². The van der Waals surface area contributed by atoms with E-state index in [1.165, 1.54) is 50.1 Å². The molecular formula is C46H39N. The average Bonchev–Trinajstić information content (AvgIpc) is 3.13. The Hall–Kier alpha value is -5.66. The molecular weight excluding hydrogens is 567 g/mol. The molecule has 0 spiro atoms. The molecule has 7 aromatic rings. The number of rotatable bonds is 7. The van der Waals surface area contributed by atoms with Crippen LogP contribution in [0, 0.1) is 0 Å². The fraction of sp³-hybridized carbons (Fsp3) is 0.0870. The lowest BCUT2D eigenvalue weighted by molar-refractivity contribution is 0.590. The maximum Gasteiger partial charge on any atom is 0.0462 e. The molecule has 0 bridgehead atoms. The van der Waals surface area contributed by atoms with E-state index in [0.29, 0.717) is 0 Å². The molecule has 47 heavy (non-hydrogen) atoms. The summed E-state index contributed by atoms with van der Waals surface area (Å²) in [5.74, 6) is 0. The first-order chi connectivity index (χ1) is 22.9. The first kappa shape index (κ1) is 30.0. The lowest BCUT2D eigenvalue weighted by Crippen LogP contribution is -2.11. The van der Waals surface area contributed by atoms with Crippen LogP contribution in [0.4, 0.5) is 17.1 Å². The average molecular weight is 606 g/mol. The maximum atomic E-state index is 2.37. The Balaban J connectivity index is 1.29. The lowest BCUT2D eigenvalue weighted by Gasteiger charge is -2.26. The van der Waals surface area contributed by atoms with E-state index in [4.69, 9.17) is 0 Å². The Kier molecular flexibility index (Phi) is 8.29. The van der Waals surface area contributed by atoms with Crippen molar-refractivity contribution in [1.82, 2.24) is 0 Å². The second kappa shape index (κ2) is 13.0. The van der Waals surface area contributed by atoms with Crippen LogP contribution in [-0.4, -0.2) is 0 Å². The molecule has 0 saturated carbocycles. The van der Waals surface area contributed by atoms with E-state index in [1.807, 2.05) is 0 Å². The number of anilines is 3. The van der Waals surface area contributed by atoms with E-state index in [2.05, 4.69) is 208 Å². The van der Waals surface area contributed by atoms with Crippen molar-refractivity contribution in [3.05, 3.63) is 188 Å². The minimum Gasteiger partial charge on any atom is -0.311 e. The molecule has 0 N–H and O–H groups in total. The Labute approximate surface area is 279 Å². The van der Waals surface area contributed by atoms with E-state index < -0.39 is 0 Å². The monoisotopic (exact) mass is 605 g/mol. The summed E-state index contributed by atoms with van der Waals surface area (Å²) in [6.45, 7) is 6.83. The Morgan fingerprint density at radius 2 is 0.660 bits per heavy atom. The molecule has 0 heterocycles. The Bertz CT molecular complexity index is 1970. The van der Waals surface area contributed by atoms with Gasteiger partial charge < -0.3 is 4.90 Å². The molecule has 228 valence electrons. The smallest absolute Gasteiger partial charge is 0.0462 e. The van der Waals surface area contributed by atoms with Gasteiger partial charge in [0.2, 0.25) is 0 Å². The molecule has 0 amide bonds. The second-order valence-corrected chi connectivity index (χ2v) is 13.1. The van der Waals surface area contributed by atoms with E-state index in [9.17, 15) is 0 Å². The SMILES string of the molecule is CC(C)(C)c1ccc(-c2ccc(N(c3ccc(-c4ccccc4)cc3)c3ccc(-c4ccccc4)cc3)cc2)c(-c2ccccc2)c1. The molecule has 0 aromatic heterocycles. The summed E-state index contributed by atoms with van der Waals surface area (Å²) >= 11 is 0. The zero-order valence-electron chi connectivity index (χ0n) is 27.3. The van der Waals surface area contributed by atoms with Crippen molar-refractivity contribution in [2.45, 2.75) is 26.2 Å². The van der Waals surface area contributed by atoms with Crippen molar-refractivity contribution in [3.63, 3.8) is 0 Å². The predicted molar refractivity (Wildman–Crippen MR) is 202 cm³/mol. The van der Waals surface area contributed by atoms with Crippen LogP contribution in [0.3, 0.4) is 0 Å². The van der Waals surface area contributed by atoms with E-state index in [0.717, 1.165) is 17.1 Å². The number of benzene rings is 7. The molecule has 1 nitrogen and oxygen atoms in total. The van der Waals surface area contributed by atoms with Crippen LogP contribution in [0.2, 0.25) is 0 Å². The Morgan fingerprint density at radius 1 is 0.319 bits per heavy atom. The zero-order valence-corrected chi connectivity index (χ0v) is 27.3. The number of hydrogen-bond acceptors (Lipinski definition) is 1. The summed E-state index contributed by atoms with van der Waals surface area (Å²) in [6, 6.07) is 65.6. The van der Waals surface area contributed by atoms with E-state index in [1.54, 1.807) is 0 Å². The molecule has 7 aromatic carbocycles. The second-order valence-electron chi connectivity index (χ2n) is 13.1. The molecule has 0 atom stereocenters. The minimum absolute atomic E-state index is 0.0680. The molecule has 1 heteroatoms. The quantitative estimate of drug-likeness (QED) is 0.175. The van der Waals surface area contributed by atoms with Crippen molar-refractivity contribution < 1.29 is 0 Å². The van der Waals surface area contributed by atoms with Crippen LogP contribution >= 0.6 is 0 Å². The zero-order chi connectivity index (χ0) is 32.2. The molecule has 0 aliphatic heterocycles. The first-order valence-electron chi connectivity index (χ1n) is 16.4. The fourth-order valence-electron chi connectivity index (χ4n) is 6.22. The van der Waals surface area contributed by atoms with Crippen LogP contribution < -0.4 is 4.90 Å². The summed E-state index contributed by atoms with van der Waals surface area (Å²) in [5, 5.41) is 0. The highest BCUT2D eigenvalue weighted by Crippen LogP contribution is 2.40. The van der Waals surface area contributed by atoms with Gasteiger partial charge >= 0.3 is 0 Å². The van der Waals surface area contributed by atoms with Crippen molar-refractivity contribution in [2.24, 2.45) is 0 Å². The van der Waals surface area contributed by atoms with Crippen LogP contribution in [0.1, 0.15) is 26.3 Å². The van der Waals surface area contributed by atoms with Gasteiger partial charge in [-0.25, -0.2) is 0 Å². The van der Waals surface area contributed by atoms with Crippen LogP contribution in [-0.2, 0) is 5.41 Å². The molecule has 0 fully saturated rings. The van der Waals surface area contributed by atoms with Gasteiger partial charge in [0.25, 0.3) is 0 Å². The van der Waals surface area contributed by atoms with Gasteiger partial charge in [0.05, 0.1) is 0 Å². The van der Waals surface area contributed by atoms with Gasteiger partial charge in [-0.1, -0.05) is 166 Å². The maximum absolute atomic E-state index is 2.37. The molecule has 0 aliphatic carbocycles. The third kappa shape index (κ3) is 6.52. The van der Waals surface area contributed by atoms with Gasteiger partial charge in [-0.15, -0.1) is 0 Å². The van der Waals surface area contributed by atoms with Crippen molar-refractivity contribution in [2.75, 3.05) is 4.90 Å². The van der Waals surface area contributed by atoms with Crippen molar-refractivity contribution >= 4 is 17.1 Å². The summed E-state index contributed by atoms with van der Waals surface area (Å²) in [5.41, 5.74) is 14.5. The highest BCUT2D eigenvalue weighted by atomic mass is 15.1. The highest BCUT2D eigenvalue weighted by molar-refractivity contribution is 5.86. The van der Waals surface area contributed by atoms with Gasteiger partial charge in [-0.2, -0.15) is 0 Å². The Morgan fingerprint density at radius 3 is 1.06 bits per heavy atom. The van der Waals surface area contributed by atoms with Gasteiger partial charge in [0, 0.05) is 17.1 Å². The number of hydrogen-bond donors (Lipinski definition) is 0. The molecule has 0 unspecified atom stereocenters. The molecule has 7 rings (SSSR count). The predicted octanol–water partition coefficient (Wildman–Crippen LogP) is 13.1. The van der Waals surface area contributed by atoms with Gasteiger partial charge in [-0.3, -0.25) is 0 Å². The van der Waals surface area contributed by atoms with E-state index >= 15 is 0 Å². The summed E-state index contributed by atoms with van der Waals surface area (Å²) < 4.78 is 0. The van der Waals surface area contributed by atoms with Crippen LogP contribution in [0.25, 0.3) is 44.5 Å². The molecule has 0 saturated heterocycles. The molecule has 0 aliphatic rings. The van der Waals surface area contributed by atoms with Gasteiger partial charge in [0.1, 0.15) is 0 Å². The minimum atomic E-state index is 0.0680. The fourth-order valence-corrected chi connectivity index (χ4v) is 6.22.